The number of aliphatic hydroxyl groups is 2. The second kappa shape index (κ2) is 6.18. The highest BCUT2D eigenvalue weighted by Gasteiger charge is 2.61. The van der Waals surface area contributed by atoms with Crippen LogP contribution in [0.4, 0.5) is 0 Å². The number of rotatable bonds is 3. The Morgan fingerprint density at radius 1 is 1.04 bits per heavy atom. The maximum Gasteiger partial charge on any atom is 0.238 e. The molecule has 0 bridgehead atoms. The lowest BCUT2D eigenvalue weighted by Gasteiger charge is -2.45. The van der Waals surface area contributed by atoms with Crippen molar-refractivity contribution in [2.24, 2.45) is 0 Å². The first-order chi connectivity index (χ1) is 13.4. The summed E-state index contributed by atoms with van der Waals surface area (Å²) < 4.78 is 26.5. The van der Waals surface area contributed by atoms with Crippen molar-refractivity contribution in [2.45, 2.75) is 18.0 Å². The molecule has 0 saturated carbocycles. The summed E-state index contributed by atoms with van der Waals surface area (Å²) >= 11 is 0. The summed E-state index contributed by atoms with van der Waals surface area (Å²) in [6.45, 7) is 0. The number of hydrogen-bond donors (Lipinski definition) is 3. The Bertz CT molecular complexity index is 970. The van der Waals surface area contributed by atoms with Gasteiger partial charge in [0.1, 0.15) is 17.2 Å². The predicted octanol–water partition coefficient (Wildman–Crippen LogP) is 0.960. The summed E-state index contributed by atoms with van der Waals surface area (Å²) in [4.78, 5) is 13.3. The molecule has 0 amide bonds. The molecule has 4 rings (SSSR count). The lowest BCUT2D eigenvalue weighted by molar-refractivity contribution is -0.179. The molecule has 9 nitrogen and oxygen atoms in total. The van der Waals surface area contributed by atoms with Crippen LogP contribution in [0.3, 0.4) is 0 Å². The molecule has 2 aromatic carbocycles. The number of Topliss-reactive ketones (excluding diaryl/α,β-unsaturated/α-hetero) is 1. The van der Waals surface area contributed by atoms with E-state index < -0.39 is 29.5 Å². The minimum absolute atomic E-state index is 0.0637. The van der Waals surface area contributed by atoms with Gasteiger partial charge in [-0.25, -0.2) is 0 Å². The third-order valence-corrected chi connectivity index (χ3v) is 4.94. The normalized spacial score (nSPS) is 24.8. The quantitative estimate of drug-likeness (QED) is 0.703. The average molecular weight is 390 g/mol. The number of hydrogen-bond acceptors (Lipinski definition) is 9. The van der Waals surface area contributed by atoms with Gasteiger partial charge in [0, 0.05) is 12.1 Å². The van der Waals surface area contributed by atoms with E-state index in [0.29, 0.717) is 5.75 Å². The molecule has 2 aliphatic rings. The molecule has 0 aliphatic carbocycles. The molecule has 3 atom stereocenters. The summed E-state index contributed by atoms with van der Waals surface area (Å²) in [5.74, 6) is -0.903. The minimum Gasteiger partial charge on any atom is -0.504 e. The topological polar surface area (TPSA) is 124 Å². The number of carbonyl (C=O) groups is 1. The van der Waals surface area contributed by atoms with Crippen LogP contribution in [0.1, 0.15) is 15.9 Å². The van der Waals surface area contributed by atoms with Crippen molar-refractivity contribution in [3.8, 4) is 34.5 Å². The van der Waals surface area contributed by atoms with E-state index in [4.69, 9.17) is 23.7 Å². The largest absolute Gasteiger partial charge is 0.504 e. The van der Waals surface area contributed by atoms with Gasteiger partial charge in [0.15, 0.2) is 11.5 Å². The first-order valence-electron chi connectivity index (χ1n) is 8.31. The zero-order chi connectivity index (χ0) is 20.2. The van der Waals surface area contributed by atoms with Crippen LogP contribution in [0.15, 0.2) is 24.3 Å². The molecule has 148 valence electrons. The van der Waals surface area contributed by atoms with E-state index in [1.165, 1.54) is 45.6 Å². The van der Waals surface area contributed by atoms with Gasteiger partial charge in [-0.2, -0.15) is 0 Å². The van der Waals surface area contributed by atoms with Crippen molar-refractivity contribution in [3.05, 3.63) is 35.4 Å². The molecule has 3 unspecified atom stereocenters. The maximum atomic E-state index is 13.3. The van der Waals surface area contributed by atoms with Crippen LogP contribution in [-0.4, -0.2) is 54.8 Å². The molecule has 28 heavy (non-hydrogen) atoms. The van der Waals surface area contributed by atoms with Gasteiger partial charge in [0.2, 0.25) is 29.5 Å². The van der Waals surface area contributed by atoms with Crippen LogP contribution in [0.5, 0.6) is 34.5 Å². The van der Waals surface area contributed by atoms with Crippen molar-refractivity contribution >= 4 is 5.78 Å². The van der Waals surface area contributed by atoms with Crippen molar-refractivity contribution < 1.29 is 43.8 Å². The fraction of sp³-hybridized carbons (Fsp3) is 0.316. The van der Waals surface area contributed by atoms with E-state index in [1.54, 1.807) is 0 Å². The lowest BCUT2D eigenvalue weighted by atomic mass is 9.76. The van der Waals surface area contributed by atoms with Crippen molar-refractivity contribution in [1.29, 1.82) is 0 Å². The number of ether oxygens (including phenoxy) is 5. The number of carbonyl (C=O) groups excluding carboxylic acids is 1. The highest BCUT2D eigenvalue weighted by Crippen LogP contribution is 2.55. The molecule has 0 spiro atoms. The Morgan fingerprint density at radius 3 is 2.43 bits per heavy atom. The number of benzene rings is 2. The van der Waals surface area contributed by atoms with Gasteiger partial charge in [-0.15, -0.1) is 0 Å². The van der Waals surface area contributed by atoms with Crippen molar-refractivity contribution in [1.82, 2.24) is 0 Å². The summed E-state index contributed by atoms with van der Waals surface area (Å²) in [6, 6.07) is 5.74. The number of phenols is 1. The highest BCUT2D eigenvalue weighted by molar-refractivity contribution is 6.07. The molecular weight excluding hydrogens is 372 g/mol. The Balaban J connectivity index is 1.97. The predicted molar refractivity (Wildman–Crippen MR) is 93.5 cm³/mol. The lowest BCUT2D eigenvalue weighted by Crippen LogP contribution is -2.61. The van der Waals surface area contributed by atoms with E-state index in [9.17, 15) is 20.1 Å². The fourth-order valence-electron chi connectivity index (χ4n) is 3.60. The molecule has 3 N–H and O–H groups in total. The summed E-state index contributed by atoms with van der Waals surface area (Å²) in [5, 5.41) is 32.6. The molecule has 2 aromatic rings. The summed E-state index contributed by atoms with van der Waals surface area (Å²) in [6.07, 6.45) is -3.23. The standard InChI is InChI=1S/C19H18O9/c1-24-8-4-5-9-10(6-8)27-17-18(22)28-11-7-12(25-2)15(26-3)14(20)13(11)19(17,23)16(9)21/h4-7,17-18,20,22-23H,1-3H3. The van der Waals surface area contributed by atoms with Gasteiger partial charge in [0.25, 0.3) is 0 Å². The van der Waals surface area contributed by atoms with E-state index in [0.717, 1.165) is 0 Å². The number of phenolic OH excluding ortho intramolecular Hbond substituents is 1. The number of fused-ring (bicyclic) bond motifs is 4. The van der Waals surface area contributed by atoms with E-state index in [1.807, 2.05) is 0 Å². The first kappa shape index (κ1) is 18.2. The molecule has 2 aliphatic heterocycles. The second-order valence-electron chi connectivity index (χ2n) is 6.34. The van der Waals surface area contributed by atoms with Gasteiger partial charge >= 0.3 is 0 Å². The Morgan fingerprint density at radius 2 is 1.79 bits per heavy atom. The summed E-state index contributed by atoms with van der Waals surface area (Å²) in [5.41, 5.74) is -2.63. The highest BCUT2D eigenvalue weighted by atomic mass is 16.6. The molecule has 0 aromatic heterocycles. The monoisotopic (exact) mass is 390 g/mol. The molecule has 9 heteroatoms. The smallest absolute Gasteiger partial charge is 0.238 e. The number of ketones is 1. The van der Waals surface area contributed by atoms with E-state index in [2.05, 4.69) is 0 Å². The Kier molecular flexibility index (Phi) is 4.02. The summed E-state index contributed by atoms with van der Waals surface area (Å²) in [7, 11) is 4.10. The number of aromatic hydroxyl groups is 1. The van der Waals surface area contributed by atoms with E-state index >= 15 is 0 Å². The van der Waals surface area contributed by atoms with Gasteiger partial charge in [-0.05, 0) is 12.1 Å². The van der Waals surface area contributed by atoms with Crippen molar-refractivity contribution in [3.63, 3.8) is 0 Å². The molecule has 2 heterocycles. The van der Waals surface area contributed by atoms with Crippen molar-refractivity contribution in [2.75, 3.05) is 21.3 Å². The third kappa shape index (κ3) is 2.23. The fourth-order valence-corrected chi connectivity index (χ4v) is 3.60. The maximum absolute atomic E-state index is 13.3. The zero-order valence-corrected chi connectivity index (χ0v) is 15.3. The van der Waals surface area contributed by atoms with Crippen LogP contribution in [0.2, 0.25) is 0 Å². The average Bonchev–Trinajstić information content (AvgIpc) is 2.69. The van der Waals surface area contributed by atoms with Gasteiger partial charge in [-0.1, -0.05) is 0 Å². The van der Waals surface area contributed by atoms with Crippen LogP contribution < -0.4 is 23.7 Å². The van der Waals surface area contributed by atoms with Crippen LogP contribution in [0, 0.1) is 0 Å². The number of aliphatic hydroxyl groups excluding tert-OH is 1. The second-order valence-corrected chi connectivity index (χ2v) is 6.34. The molecular formula is C19H18O9. The van der Waals surface area contributed by atoms with Crippen LogP contribution in [-0.2, 0) is 5.60 Å². The van der Waals surface area contributed by atoms with Gasteiger partial charge in [-0.3, -0.25) is 4.79 Å². The molecule has 0 fully saturated rings. The van der Waals surface area contributed by atoms with Crippen LogP contribution in [0.25, 0.3) is 0 Å². The zero-order valence-electron chi connectivity index (χ0n) is 15.3. The third-order valence-electron chi connectivity index (χ3n) is 4.94. The molecule has 0 saturated heterocycles. The van der Waals surface area contributed by atoms with E-state index in [-0.39, 0.29) is 34.1 Å². The van der Waals surface area contributed by atoms with Crippen LogP contribution >= 0.6 is 0 Å². The first-order valence-corrected chi connectivity index (χ1v) is 8.31. The SMILES string of the molecule is COc1ccc2c(c1)OC1C(O)Oc3cc(OC)c(OC)c(O)c3C1(O)C2=O. The Labute approximate surface area is 159 Å². The van der Waals surface area contributed by atoms with Gasteiger partial charge < -0.3 is 39.0 Å². The molecule has 0 radical (unpaired) electrons. The minimum atomic E-state index is -2.42. The number of methoxy groups -OCH3 is 3. The van der Waals surface area contributed by atoms with Gasteiger partial charge in [0.05, 0.1) is 32.5 Å². The Hall–Kier alpha value is -3.17.